The standard InChI is InChI=1S/C18H18F3NO3S/c1-3-13(2)14-9-11-16(12-10-14)26(23,24)25-22-17(18(19,20)21)15-7-5-4-6-8-15/h4-13H,3H2,1-2H3/b22-17-. The number of oxime groups is 1. The second kappa shape index (κ2) is 7.90. The Hall–Kier alpha value is -2.35. The van der Waals surface area contributed by atoms with E-state index in [0.29, 0.717) is 0 Å². The monoisotopic (exact) mass is 385 g/mol. The molecule has 0 heterocycles. The van der Waals surface area contributed by atoms with E-state index in [4.69, 9.17) is 0 Å². The van der Waals surface area contributed by atoms with Crippen LogP contribution in [0.3, 0.4) is 0 Å². The van der Waals surface area contributed by atoms with Crippen LogP contribution in [0.5, 0.6) is 0 Å². The molecule has 0 spiro atoms. The molecule has 0 aliphatic heterocycles. The van der Waals surface area contributed by atoms with Crippen molar-refractivity contribution in [1.82, 2.24) is 0 Å². The average Bonchev–Trinajstić information content (AvgIpc) is 2.61. The fourth-order valence-corrected chi connectivity index (χ4v) is 2.92. The van der Waals surface area contributed by atoms with Gasteiger partial charge in [0.25, 0.3) is 0 Å². The highest BCUT2D eigenvalue weighted by Crippen LogP contribution is 2.25. The molecule has 2 aromatic rings. The molecule has 1 unspecified atom stereocenters. The van der Waals surface area contributed by atoms with E-state index in [1.54, 1.807) is 12.1 Å². The molecule has 0 saturated heterocycles. The quantitative estimate of drug-likeness (QED) is 0.526. The van der Waals surface area contributed by atoms with Crippen molar-refractivity contribution >= 4 is 15.8 Å². The van der Waals surface area contributed by atoms with Gasteiger partial charge in [-0.05, 0) is 30.0 Å². The summed E-state index contributed by atoms with van der Waals surface area (Å²) in [4.78, 5) is -0.261. The molecule has 0 bridgehead atoms. The van der Waals surface area contributed by atoms with Gasteiger partial charge in [0.2, 0.25) is 0 Å². The molecule has 0 radical (unpaired) electrons. The molecule has 8 heteroatoms. The Morgan fingerprint density at radius 1 is 1.08 bits per heavy atom. The second-order valence-electron chi connectivity index (χ2n) is 5.71. The van der Waals surface area contributed by atoms with Crippen LogP contribution in [0.2, 0.25) is 0 Å². The zero-order chi connectivity index (χ0) is 19.4. The topological polar surface area (TPSA) is 55.7 Å². The lowest BCUT2D eigenvalue weighted by Gasteiger charge is -2.11. The Bertz CT molecular complexity index is 861. The molecule has 0 aliphatic carbocycles. The SMILES string of the molecule is CCC(C)c1ccc(S(=O)(=O)O/N=C(/c2ccccc2)C(F)(F)F)cc1. The smallest absolute Gasteiger partial charge is 0.264 e. The summed E-state index contributed by atoms with van der Waals surface area (Å²) in [6, 6.07) is 12.5. The number of benzene rings is 2. The highest BCUT2D eigenvalue weighted by Gasteiger charge is 2.38. The summed E-state index contributed by atoms with van der Waals surface area (Å²) in [6.07, 6.45) is -3.99. The number of hydrogen-bond donors (Lipinski definition) is 0. The summed E-state index contributed by atoms with van der Waals surface area (Å²) >= 11 is 0. The van der Waals surface area contributed by atoms with E-state index in [1.165, 1.54) is 42.5 Å². The van der Waals surface area contributed by atoms with Crippen molar-refractivity contribution in [2.45, 2.75) is 37.3 Å². The summed E-state index contributed by atoms with van der Waals surface area (Å²) in [5.74, 6) is 0.237. The maximum atomic E-state index is 13.2. The molecule has 140 valence electrons. The summed E-state index contributed by atoms with van der Waals surface area (Å²) in [6.45, 7) is 3.98. The third-order valence-electron chi connectivity index (χ3n) is 3.89. The largest absolute Gasteiger partial charge is 0.437 e. The average molecular weight is 385 g/mol. The predicted octanol–water partition coefficient (Wildman–Crippen LogP) is 4.87. The molecule has 0 aromatic heterocycles. The minimum Gasteiger partial charge on any atom is -0.264 e. The van der Waals surface area contributed by atoms with Crippen molar-refractivity contribution in [2.75, 3.05) is 0 Å². The van der Waals surface area contributed by atoms with Crippen LogP contribution in [0.1, 0.15) is 37.3 Å². The molecule has 0 fully saturated rings. The van der Waals surface area contributed by atoms with Crippen molar-refractivity contribution < 1.29 is 25.9 Å². The van der Waals surface area contributed by atoms with Crippen LogP contribution >= 0.6 is 0 Å². The van der Waals surface area contributed by atoms with E-state index in [-0.39, 0.29) is 16.4 Å². The van der Waals surface area contributed by atoms with E-state index < -0.39 is 22.0 Å². The molecule has 1 atom stereocenters. The first-order valence-electron chi connectivity index (χ1n) is 7.89. The van der Waals surface area contributed by atoms with Gasteiger partial charge in [-0.15, -0.1) is 0 Å². The Morgan fingerprint density at radius 2 is 1.65 bits per heavy atom. The molecule has 2 aromatic carbocycles. The van der Waals surface area contributed by atoms with Gasteiger partial charge in [-0.2, -0.15) is 21.6 Å². The maximum absolute atomic E-state index is 13.2. The van der Waals surface area contributed by atoms with Crippen LogP contribution < -0.4 is 0 Å². The molecule has 0 aliphatic rings. The van der Waals surface area contributed by atoms with Crippen molar-refractivity contribution in [3.63, 3.8) is 0 Å². The van der Waals surface area contributed by atoms with Crippen molar-refractivity contribution in [2.24, 2.45) is 5.16 Å². The van der Waals surface area contributed by atoms with Crippen LogP contribution in [-0.4, -0.2) is 20.3 Å². The van der Waals surface area contributed by atoms with Gasteiger partial charge in [0.05, 0.1) is 0 Å². The van der Waals surface area contributed by atoms with E-state index in [1.807, 2.05) is 13.8 Å². The van der Waals surface area contributed by atoms with Crippen LogP contribution in [0.15, 0.2) is 64.6 Å². The number of rotatable bonds is 6. The Balaban J connectivity index is 2.30. The zero-order valence-electron chi connectivity index (χ0n) is 14.2. The lowest BCUT2D eigenvalue weighted by molar-refractivity contribution is -0.0597. The summed E-state index contributed by atoms with van der Waals surface area (Å²) in [5.41, 5.74) is -0.782. The van der Waals surface area contributed by atoms with E-state index in [2.05, 4.69) is 9.44 Å². The lowest BCUT2D eigenvalue weighted by atomic mass is 9.99. The molecule has 26 heavy (non-hydrogen) atoms. The maximum Gasteiger partial charge on any atom is 0.437 e. The highest BCUT2D eigenvalue weighted by molar-refractivity contribution is 7.86. The zero-order valence-corrected chi connectivity index (χ0v) is 15.0. The molecule has 0 amide bonds. The van der Waals surface area contributed by atoms with Crippen molar-refractivity contribution in [3.8, 4) is 0 Å². The highest BCUT2D eigenvalue weighted by atomic mass is 32.2. The van der Waals surface area contributed by atoms with Gasteiger partial charge in [0.15, 0.2) is 5.71 Å². The molecular formula is C18H18F3NO3S. The fourth-order valence-electron chi connectivity index (χ4n) is 2.19. The van der Waals surface area contributed by atoms with Gasteiger partial charge in [0.1, 0.15) is 4.90 Å². The molecule has 4 nitrogen and oxygen atoms in total. The number of halogens is 3. The van der Waals surface area contributed by atoms with Crippen molar-refractivity contribution in [1.29, 1.82) is 0 Å². The van der Waals surface area contributed by atoms with Gasteiger partial charge in [-0.1, -0.05) is 61.5 Å². The van der Waals surface area contributed by atoms with Crippen molar-refractivity contribution in [3.05, 3.63) is 65.7 Å². The van der Waals surface area contributed by atoms with Crippen LogP contribution in [0, 0.1) is 0 Å². The second-order valence-corrected chi connectivity index (χ2v) is 7.24. The molecular weight excluding hydrogens is 367 g/mol. The van der Waals surface area contributed by atoms with E-state index >= 15 is 0 Å². The van der Waals surface area contributed by atoms with Gasteiger partial charge in [0, 0.05) is 5.56 Å². The number of hydrogen-bond acceptors (Lipinski definition) is 4. The molecule has 0 N–H and O–H groups in total. The lowest BCUT2D eigenvalue weighted by Crippen LogP contribution is -2.25. The van der Waals surface area contributed by atoms with E-state index in [9.17, 15) is 21.6 Å². The van der Waals surface area contributed by atoms with Crippen LogP contribution in [-0.2, 0) is 14.4 Å². The van der Waals surface area contributed by atoms with Gasteiger partial charge < -0.3 is 0 Å². The fraction of sp³-hybridized carbons (Fsp3) is 0.278. The summed E-state index contributed by atoms with van der Waals surface area (Å²) < 4.78 is 68.1. The first-order valence-corrected chi connectivity index (χ1v) is 9.30. The van der Waals surface area contributed by atoms with Gasteiger partial charge >= 0.3 is 16.3 Å². The predicted molar refractivity (Wildman–Crippen MR) is 92.5 cm³/mol. The van der Waals surface area contributed by atoms with Gasteiger partial charge in [-0.3, -0.25) is 4.28 Å². The number of alkyl halides is 3. The van der Waals surface area contributed by atoms with Crippen LogP contribution in [0.25, 0.3) is 0 Å². The molecule has 0 saturated carbocycles. The Kier molecular flexibility index (Phi) is 6.07. The Labute approximate surface area is 150 Å². The third kappa shape index (κ3) is 4.85. The molecule has 2 rings (SSSR count). The summed E-state index contributed by atoms with van der Waals surface area (Å²) in [7, 11) is -4.46. The van der Waals surface area contributed by atoms with Gasteiger partial charge in [-0.25, -0.2) is 0 Å². The Morgan fingerprint density at radius 3 is 2.15 bits per heavy atom. The third-order valence-corrected chi connectivity index (χ3v) is 5.01. The normalized spacial score (nSPS) is 14.1. The minimum atomic E-state index is -4.86. The number of nitrogens with zero attached hydrogens (tertiary/aromatic N) is 1. The van der Waals surface area contributed by atoms with E-state index in [0.717, 1.165) is 12.0 Å². The summed E-state index contributed by atoms with van der Waals surface area (Å²) in [5, 5.41) is 2.89. The minimum absolute atomic E-state index is 0.237. The first-order chi connectivity index (χ1) is 12.1. The first kappa shape index (κ1) is 20.0. The van der Waals surface area contributed by atoms with Crippen LogP contribution in [0.4, 0.5) is 13.2 Å².